The maximum absolute atomic E-state index is 13.6. The normalized spacial score (nSPS) is 18.4. The van der Waals surface area contributed by atoms with E-state index in [4.69, 9.17) is 22.7 Å². The molecule has 0 unspecified atom stereocenters. The molecule has 0 saturated heterocycles. The molecule has 198 valence electrons. The Hall–Kier alpha value is -3.65. The standard InChI is InChI=1S/C29H33ClN6O2/c30-25-24-21(9-4-8-18-6-2-1-3-7-18)16-23(36(24)29(38)27(35-25)34-22-10-5-11-22)28(37)33-17-19-12-14-20(15-13-19)26(31)32/h1-3,6-7,12-15,21-23H,4-5,8-11,16-17H2,(H3,31,32)(H,33,37)(H,34,35)/t21-,23+/m1/s1. The molecule has 1 aliphatic carbocycles. The van der Waals surface area contributed by atoms with E-state index in [9.17, 15) is 9.59 Å². The van der Waals surface area contributed by atoms with Crippen LogP contribution in [0.5, 0.6) is 0 Å². The number of hydrogen-bond donors (Lipinski definition) is 4. The number of rotatable bonds is 10. The Morgan fingerprint density at radius 2 is 1.84 bits per heavy atom. The van der Waals surface area contributed by atoms with Gasteiger partial charge in [0.2, 0.25) is 5.91 Å². The summed E-state index contributed by atoms with van der Waals surface area (Å²) in [5, 5.41) is 14.1. The average molecular weight is 533 g/mol. The van der Waals surface area contributed by atoms with Gasteiger partial charge in [-0.15, -0.1) is 0 Å². The number of nitrogen functional groups attached to an aromatic ring is 1. The minimum atomic E-state index is -0.654. The van der Waals surface area contributed by atoms with Gasteiger partial charge in [0.05, 0.1) is 5.69 Å². The molecule has 2 heterocycles. The molecule has 1 aliphatic heterocycles. The Labute approximate surface area is 227 Å². The monoisotopic (exact) mass is 532 g/mol. The number of halogens is 1. The van der Waals surface area contributed by atoms with E-state index >= 15 is 0 Å². The Balaban J connectivity index is 1.35. The lowest BCUT2D eigenvalue weighted by Crippen LogP contribution is -2.38. The van der Waals surface area contributed by atoms with Crippen LogP contribution >= 0.6 is 11.6 Å². The molecule has 1 amide bonds. The van der Waals surface area contributed by atoms with Gasteiger partial charge in [-0.1, -0.05) is 66.2 Å². The summed E-state index contributed by atoms with van der Waals surface area (Å²) in [6.07, 6.45) is 6.26. The van der Waals surface area contributed by atoms with E-state index in [0.29, 0.717) is 29.4 Å². The van der Waals surface area contributed by atoms with E-state index in [1.807, 2.05) is 30.3 Å². The first-order valence-electron chi connectivity index (χ1n) is 13.2. The van der Waals surface area contributed by atoms with Crippen molar-refractivity contribution in [3.63, 3.8) is 0 Å². The summed E-state index contributed by atoms with van der Waals surface area (Å²) in [6, 6.07) is 17.0. The Morgan fingerprint density at radius 3 is 2.50 bits per heavy atom. The number of aryl methyl sites for hydroxylation is 1. The summed E-state index contributed by atoms with van der Waals surface area (Å²) in [5.74, 6) is -0.0233. The Morgan fingerprint density at radius 1 is 1.11 bits per heavy atom. The van der Waals surface area contributed by atoms with Crippen LogP contribution in [0.3, 0.4) is 0 Å². The Kier molecular flexibility index (Phi) is 7.79. The van der Waals surface area contributed by atoms with Crippen LogP contribution in [0, 0.1) is 5.41 Å². The zero-order valence-corrected chi connectivity index (χ0v) is 22.0. The summed E-state index contributed by atoms with van der Waals surface area (Å²) in [6.45, 7) is 0.308. The van der Waals surface area contributed by atoms with E-state index in [2.05, 4.69) is 27.8 Å². The second kappa shape index (κ2) is 11.4. The number of nitrogens with two attached hydrogens (primary N) is 1. The lowest BCUT2D eigenvalue weighted by Gasteiger charge is -2.27. The number of carbonyl (C=O) groups excluding carboxylic acids is 1. The van der Waals surface area contributed by atoms with Crippen LogP contribution in [0.15, 0.2) is 59.4 Å². The first-order valence-corrected chi connectivity index (χ1v) is 13.6. The molecular weight excluding hydrogens is 500 g/mol. The van der Waals surface area contributed by atoms with E-state index < -0.39 is 6.04 Å². The van der Waals surface area contributed by atoms with Gasteiger partial charge in [-0.2, -0.15) is 0 Å². The fourth-order valence-electron chi connectivity index (χ4n) is 5.31. The topological polar surface area (TPSA) is 126 Å². The molecule has 1 saturated carbocycles. The van der Waals surface area contributed by atoms with Crippen LogP contribution in [0.2, 0.25) is 5.15 Å². The minimum Gasteiger partial charge on any atom is -0.384 e. The maximum atomic E-state index is 13.6. The number of amides is 1. The molecule has 5 rings (SSSR count). The predicted molar refractivity (Wildman–Crippen MR) is 150 cm³/mol. The molecule has 3 aromatic rings. The highest BCUT2D eigenvalue weighted by Gasteiger charge is 2.39. The highest BCUT2D eigenvalue weighted by molar-refractivity contribution is 6.30. The third kappa shape index (κ3) is 5.60. The number of carbonyl (C=O) groups is 1. The number of nitrogens with zero attached hydrogens (tertiary/aromatic N) is 2. The molecule has 0 radical (unpaired) electrons. The van der Waals surface area contributed by atoms with Crippen molar-refractivity contribution >= 4 is 29.2 Å². The van der Waals surface area contributed by atoms with E-state index in [0.717, 1.165) is 44.1 Å². The molecule has 2 atom stereocenters. The highest BCUT2D eigenvalue weighted by atomic mass is 35.5. The van der Waals surface area contributed by atoms with Gasteiger partial charge >= 0.3 is 0 Å². The fourth-order valence-corrected chi connectivity index (χ4v) is 5.64. The molecule has 0 bridgehead atoms. The van der Waals surface area contributed by atoms with Crippen molar-refractivity contribution in [3.8, 4) is 0 Å². The van der Waals surface area contributed by atoms with E-state index in [1.54, 1.807) is 16.7 Å². The number of hydrogen-bond acceptors (Lipinski definition) is 5. The van der Waals surface area contributed by atoms with Gasteiger partial charge in [0, 0.05) is 24.1 Å². The Bertz CT molecular complexity index is 1370. The molecule has 5 N–H and O–H groups in total. The van der Waals surface area contributed by atoms with Gasteiger partial charge in [0.25, 0.3) is 5.56 Å². The van der Waals surface area contributed by atoms with Crippen molar-refractivity contribution in [1.29, 1.82) is 5.41 Å². The maximum Gasteiger partial charge on any atom is 0.294 e. The van der Waals surface area contributed by atoms with Crippen molar-refractivity contribution in [1.82, 2.24) is 14.9 Å². The molecule has 9 heteroatoms. The van der Waals surface area contributed by atoms with Gasteiger partial charge in [-0.3, -0.25) is 19.6 Å². The quantitative estimate of drug-likeness (QED) is 0.226. The second-order valence-electron chi connectivity index (χ2n) is 10.2. The van der Waals surface area contributed by atoms with Crippen LogP contribution in [-0.4, -0.2) is 27.3 Å². The number of benzene rings is 2. The van der Waals surface area contributed by atoms with Crippen LogP contribution in [0.25, 0.3) is 0 Å². The summed E-state index contributed by atoms with van der Waals surface area (Å²) in [7, 11) is 0. The van der Waals surface area contributed by atoms with Gasteiger partial charge < -0.3 is 16.4 Å². The number of fused-ring (bicyclic) bond motifs is 1. The molecule has 1 aromatic heterocycles. The van der Waals surface area contributed by atoms with Crippen molar-refractivity contribution in [2.45, 2.75) is 69.5 Å². The zero-order chi connectivity index (χ0) is 26.6. The first kappa shape index (κ1) is 26.0. The van der Waals surface area contributed by atoms with Gasteiger partial charge in [0.15, 0.2) is 11.0 Å². The molecule has 2 aromatic carbocycles. The van der Waals surface area contributed by atoms with Crippen LogP contribution in [-0.2, 0) is 17.8 Å². The zero-order valence-electron chi connectivity index (χ0n) is 21.3. The number of amidine groups is 1. The van der Waals surface area contributed by atoms with Crippen LogP contribution in [0.1, 0.15) is 72.9 Å². The van der Waals surface area contributed by atoms with Gasteiger partial charge in [-0.25, -0.2) is 4.98 Å². The summed E-state index contributed by atoms with van der Waals surface area (Å²) < 4.78 is 1.58. The smallest absolute Gasteiger partial charge is 0.294 e. The number of anilines is 1. The molecule has 38 heavy (non-hydrogen) atoms. The van der Waals surface area contributed by atoms with Crippen molar-refractivity contribution in [2.75, 3.05) is 5.32 Å². The molecule has 0 spiro atoms. The largest absolute Gasteiger partial charge is 0.384 e. The lowest BCUT2D eigenvalue weighted by atomic mass is 9.93. The molecule has 8 nitrogen and oxygen atoms in total. The predicted octanol–water partition coefficient (Wildman–Crippen LogP) is 4.51. The van der Waals surface area contributed by atoms with Crippen LogP contribution < -0.4 is 21.9 Å². The van der Waals surface area contributed by atoms with Gasteiger partial charge in [0.1, 0.15) is 11.9 Å². The van der Waals surface area contributed by atoms with Crippen molar-refractivity contribution in [2.24, 2.45) is 5.73 Å². The second-order valence-corrected chi connectivity index (χ2v) is 10.6. The molecule has 2 aliphatic rings. The number of nitrogens with one attached hydrogen (secondary N) is 3. The fraction of sp³-hybridized carbons (Fsp3) is 0.379. The van der Waals surface area contributed by atoms with E-state index in [1.165, 1.54) is 5.56 Å². The first-order chi connectivity index (χ1) is 18.4. The van der Waals surface area contributed by atoms with Crippen molar-refractivity contribution in [3.05, 3.63) is 92.5 Å². The SMILES string of the molecule is N=C(N)c1ccc(CNC(=O)[C@@H]2C[C@@H](CCCc3ccccc3)c3c(Cl)nc(NC4CCC4)c(=O)n32)cc1. The highest BCUT2D eigenvalue weighted by Crippen LogP contribution is 2.41. The third-order valence-electron chi connectivity index (χ3n) is 7.65. The minimum absolute atomic E-state index is 0.00219. The summed E-state index contributed by atoms with van der Waals surface area (Å²) in [5.41, 5.74) is 8.69. The van der Waals surface area contributed by atoms with E-state index in [-0.39, 0.29) is 35.1 Å². The van der Waals surface area contributed by atoms with Gasteiger partial charge in [-0.05, 0) is 56.1 Å². The number of aromatic nitrogens is 2. The van der Waals surface area contributed by atoms with Crippen LogP contribution in [0.4, 0.5) is 5.82 Å². The molecule has 1 fully saturated rings. The summed E-state index contributed by atoms with van der Waals surface area (Å²) >= 11 is 6.70. The lowest BCUT2D eigenvalue weighted by molar-refractivity contribution is -0.124. The molecular formula is C29H33ClN6O2. The summed E-state index contributed by atoms with van der Waals surface area (Å²) in [4.78, 5) is 31.5. The van der Waals surface area contributed by atoms with Crippen molar-refractivity contribution < 1.29 is 4.79 Å². The third-order valence-corrected chi connectivity index (χ3v) is 7.93. The average Bonchev–Trinajstić information content (AvgIpc) is 3.29.